The lowest BCUT2D eigenvalue weighted by Crippen LogP contribution is -2.06. The van der Waals surface area contributed by atoms with Gasteiger partial charge in [0, 0.05) is 6.42 Å². The van der Waals surface area contributed by atoms with Crippen LogP contribution >= 0.6 is 22.6 Å². The van der Waals surface area contributed by atoms with Crippen LogP contribution in [0.4, 0.5) is 0 Å². The van der Waals surface area contributed by atoms with Crippen LogP contribution < -0.4 is 0 Å². The van der Waals surface area contributed by atoms with Crippen molar-refractivity contribution < 1.29 is 14.6 Å². The molecule has 60 valence electrons. The molecule has 1 atom stereocenters. The molecule has 10 heavy (non-hydrogen) atoms. The lowest BCUT2D eigenvalue weighted by molar-refractivity contribution is -0.143. The number of aliphatic hydroxyl groups excluding tert-OH is 1. The molecule has 0 saturated carbocycles. The Morgan fingerprint density at radius 3 is 2.80 bits per heavy atom. The highest BCUT2D eigenvalue weighted by molar-refractivity contribution is 14.1. The molecule has 0 aromatic carbocycles. The zero-order valence-corrected chi connectivity index (χ0v) is 8.00. The highest BCUT2D eigenvalue weighted by atomic mass is 127. The van der Waals surface area contributed by atoms with Crippen LogP contribution in [0.25, 0.3) is 0 Å². The van der Waals surface area contributed by atoms with Crippen LogP contribution in [0.2, 0.25) is 0 Å². The third-order valence-electron chi connectivity index (χ3n) is 0.892. The fourth-order valence-corrected chi connectivity index (χ4v) is 0.782. The lowest BCUT2D eigenvalue weighted by Gasteiger charge is -2.01. The summed E-state index contributed by atoms with van der Waals surface area (Å²) in [6.45, 7) is 2.18. The first-order valence-electron chi connectivity index (χ1n) is 3.14. The molecule has 0 bridgehead atoms. The predicted molar refractivity (Wildman–Crippen MR) is 45.9 cm³/mol. The van der Waals surface area contributed by atoms with Gasteiger partial charge in [-0.1, -0.05) is 22.6 Å². The van der Waals surface area contributed by atoms with Crippen molar-refractivity contribution in [3.63, 3.8) is 0 Å². The van der Waals surface area contributed by atoms with Crippen molar-refractivity contribution in [2.24, 2.45) is 0 Å². The van der Waals surface area contributed by atoms with E-state index in [1.165, 1.54) is 0 Å². The van der Waals surface area contributed by atoms with E-state index in [-0.39, 0.29) is 5.97 Å². The molecule has 0 aromatic rings. The monoisotopic (exact) mass is 258 g/mol. The Balaban J connectivity index is 3.22. The molecule has 1 N–H and O–H groups in total. The van der Waals surface area contributed by atoms with E-state index in [2.05, 4.69) is 4.74 Å². The number of hydrogen-bond acceptors (Lipinski definition) is 3. The van der Waals surface area contributed by atoms with Gasteiger partial charge in [0.25, 0.3) is 0 Å². The van der Waals surface area contributed by atoms with E-state index < -0.39 is 4.11 Å². The summed E-state index contributed by atoms with van der Waals surface area (Å²) in [6.07, 6.45) is 0.775. The van der Waals surface area contributed by atoms with Gasteiger partial charge in [-0.3, -0.25) is 4.79 Å². The van der Waals surface area contributed by atoms with Crippen molar-refractivity contribution in [1.82, 2.24) is 0 Å². The van der Waals surface area contributed by atoms with Gasteiger partial charge in [-0.15, -0.1) is 0 Å². The van der Waals surface area contributed by atoms with Gasteiger partial charge in [0.2, 0.25) is 0 Å². The van der Waals surface area contributed by atoms with Gasteiger partial charge in [0.05, 0.1) is 6.61 Å². The van der Waals surface area contributed by atoms with E-state index in [0.717, 1.165) is 0 Å². The second kappa shape index (κ2) is 5.91. The first kappa shape index (κ1) is 10.2. The molecule has 0 aromatic heterocycles. The quantitative estimate of drug-likeness (QED) is 0.466. The topological polar surface area (TPSA) is 46.5 Å². The number of hydrogen-bond donors (Lipinski definition) is 1. The molecule has 0 saturated heterocycles. The fourth-order valence-electron chi connectivity index (χ4n) is 0.470. The normalized spacial score (nSPS) is 12.7. The van der Waals surface area contributed by atoms with E-state index in [1.807, 2.05) is 22.6 Å². The number of aliphatic hydroxyl groups is 1. The number of esters is 1. The molecule has 0 heterocycles. The fraction of sp³-hybridized carbons (Fsp3) is 0.833. The van der Waals surface area contributed by atoms with Crippen molar-refractivity contribution in [3.05, 3.63) is 0 Å². The number of ether oxygens (including phenoxy) is 1. The summed E-state index contributed by atoms with van der Waals surface area (Å²) >= 11 is 1.85. The maximum absolute atomic E-state index is 10.6. The van der Waals surface area contributed by atoms with Crippen LogP contribution in [0.15, 0.2) is 0 Å². The Morgan fingerprint density at radius 2 is 2.40 bits per heavy atom. The summed E-state index contributed by atoms with van der Waals surface area (Å²) in [4.78, 5) is 10.6. The average Bonchev–Trinajstić information content (AvgIpc) is 1.85. The second-order valence-electron chi connectivity index (χ2n) is 1.78. The third-order valence-corrected chi connectivity index (χ3v) is 1.51. The highest BCUT2D eigenvalue weighted by Gasteiger charge is 2.04. The molecule has 3 nitrogen and oxygen atoms in total. The summed E-state index contributed by atoms with van der Waals surface area (Å²) in [7, 11) is 0. The van der Waals surface area contributed by atoms with Crippen LogP contribution in [-0.2, 0) is 9.53 Å². The molecule has 0 amide bonds. The van der Waals surface area contributed by atoms with E-state index in [4.69, 9.17) is 5.11 Å². The average molecular weight is 258 g/mol. The molecule has 0 rings (SSSR count). The Labute approximate surface area is 73.9 Å². The van der Waals surface area contributed by atoms with Gasteiger partial charge < -0.3 is 9.84 Å². The summed E-state index contributed by atoms with van der Waals surface area (Å²) in [5.41, 5.74) is 0. The SMILES string of the molecule is CCOC(=O)CC[C@@H](O)I. The van der Waals surface area contributed by atoms with Crippen LogP contribution in [0, 0.1) is 0 Å². The van der Waals surface area contributed by atoms with Gasteiger partial charge >= 0.3 is 5.97 Å². The third kappa shape index (κ3) is 6.28. The standard InChI is InChI=1S/C6H11IO3/c1-2-10-6(9)4-3-5(7)8/h5,8H,2-4H2,1H3/t5-/m1/s1. The minimum absolute atomic E-state index is 0.238. The maximum Gasteiger partial charge on any atom is 0.305 e. The lowest BCUT2D eigenvalue weighted by atomic mass is 10.3. The van der Waals surface area contributed by atoms with Crippen LogP contribution in [0.3, 0.4) is 0 Å². The molecule has 0 spiro atoms. The minimum Gasteiger partial charge on any atom is -0.466 e. The molecule has 0 aliphatic heterocycles. The van der Waals surface area contributed by atoms with E-state index >= 15 is 0 Å². The van der Waals surface area contributed by atoms with Crippen LogP contribution in [0.5, 0.6) is 0 Å². The number of rotatable bonds is 4. The minimum atomic E-state index is -0.443. The molecule has 0 radical (unpaired) electrons. The number of alkyl halides is 1. The van der Waals surface area contributed by atoms with Crippen LogP contribution in [0.1, 0.15) is 19.8 Å². The molecule has 0 fully saturated rings. The molecular weight excluding hydrogens is 247 g/mol. The van der Waals surface area contributed by atoms with Gasteiger partial charge in [0.15, 0.2) is 0 Å². The Hall–Kier alpha value is 0.160. The zero-order chi connectivity index (χ0) is 7.98. The van der Waals surface area contributed by atoms with E-state index in [0.29, 0.717) is 19.4 Å². The van der Waals surface area contributed by atoms with Gasteiger partial charge in [-0.2, -0.15) is 0 Å². The van der Waals surface area contributed by atoms with Crippen molar-refractivity contribution in [1.29, 1.82) is 0 Å². The van der Waals surface area contributed by atoms with Crippen molar-refractivity contribution in [2.45, 2.75) is 23.9 Å². The molecule has 4 heteroatoms. The smallest absolute Gasteiger partial charge is 0.305 e. The largest absolute Gasteiger partial charge is 0.466 e. The Bertz CT molecular complexity index is 103. The van der Waals surface area contributed by atoms with Gasteiger partial charge in [-0.05, 0) is 13.3 Å². The van der Waals surface area contributed by atoms with Crippen molar-refractivity contribution >= 4 is 28.6 Å². The molecular formula is C6H11IO3. The zero-order valence-electron chi connectivity index (χ0n) is 5.84. The second-order valence-corrected chi connectivity index (χ2v) is 3.22. The maximum atomic E-state index is 10.6. The molecule has 0 aliphatic rings. The van der Waals surface area contributed by atoms with E-state index in [9.17, 15) is 4.79 Å². The number of carbonyl (C=O) groups is 1. The molecule has 0 aliphatic carbocycles. The number of halogens is 1. The Morgan fingerprint density at radius 1 is 1.80 bits per heavy atom. The van der Waals surface area contributed by atoms with Crippen LogP contribution in [-0.4, -0.2) is 21.8 Å². The highest BCUT2D eigenvalue weighted by Crippen LogP contribution is 2.04. The molecule has 0 unspecified atom stereocenters. The van der Waals surface area contributed by atoms with E-state index in [1.54, 1.807) is 6.92 Å². The van der Waals surface area contributed by atoms with Crippen molar-refractivity contribution in [3.8, 4) is 0 Å². The Kier molecular flexibility index (Phi) is 6.00. The van der Waals surface area contributed by atoms with Gasteiger partial charge in [-0.25, -0.2) is 0 Å². The predicted octanol–water partition coefficient (Wildman–Crippen LogP) is 1.08. The summed E-state index contributed by atoms with van der Waals surface area (Å²) in [6, 6.07) is 0. The summed E-state index contributed by atoms with van der Waals surface area (Å²) < 4.78 is 4.20. The summed E-state index contributed by atoms with van der Waals surface area (Å²) in [5, 5.41) is 8.75. The van der Waals surface area contributed by atoms with Crippen molar-refractivity contribution in [2.75, 3.05) is 6.61 Å². The first-order chi connectivity index (χ1) is 4.66. The summed E-state index contributed by atoms with van der Waals surface area (Å²) in [5.74, 6) is -0.238. The first-order valence-corrected chi connectivity index (χ1v) is 4.39. The number of carbonyl (C=O) groups excluding carboxylic acids is 1. The van der Waals surface area contributed by atoms with Gasteiger partial charge in [0.1, 0.15) is 4.11 Å².